The van der Waals surface area contributed by atoms with Gasteiger partial charge in [-0.3, -0.25) is 4.39 Å². The van der Waals surface area contributed by atoms with Gasteiger partial charge in [0.1, 0.15) is 0 Å². The van der Waals surface area contributed by atoms with Gasteiger partial charge < -0.3 is 0 Å². The summed E-state index contributed by atoms with van der Waals surface area (Å²) >= 11 is 0. The normalized spacial score (nSPS) is 28.4. The van der Waals surface area contributed by atoms with Gasteiger partial charge in [0, 0.05) is 8.80 Å². The van der Waals surface area contributed by atoms with Crippen molar-refractivity contribution in [3.63, 3.8) is 0 Å². The lowest BCUT2D eigenvalue weighted by atomic mass is 9.77. The molecule has 2 fully saturated rings. The molecule has 0 spiro atoms. The van der Waals surface area contributed by atoms with Crippen molar-refractivity contribution in [2.24, 2.45) is 11.8 Å². The van der Waals surface area contributed by atoms with Gasteiger partial charge in [-0.2, -0.15) is 0 Å². The number of alkyl halides is 1. The molecule has 1 aromatic carbocycles. The Morgan fingerprint density at radius 3 is 2.04 bits per heavy atom. The third kappa shape index (κ3) is 6.64. The first-order chi connectivity index (χ1) is 13.7. The maximum Gasteiger partial charge on any atom is 0.159 e. The number of hydrogen-bond acceptors (Lipinski definition) is 0. The zero-order valence-electron chi connectivity index (χ0n) is 17.3. The average molecular weight is 411 g/mol. The highest BCUT2D eigenvalue weighted by Gasteiger charge is 2.24. The maximum absolute atomic E-state index is 13.5. The summed E-state index contributed by atoms with van der Waals surface area (Å²) in [6, 6.07) is 8.58. The molecule has 1 aliphatic carbocycles. The first-order valence-electron chi connectivity index (χ1n) is 11.7. The van der Waals surface area contributed by atoms with Crippen molar-refractivity contribution in [1.82, 2.24) is 0 Å². The molecule has 3 rings (SSSR count). The Morgan fingerprint density at radius 1 is 0.786 bits per heavy atom. The van der Waals surface area contributed by atoms with Crippen LogP contribution in [-0.2, 0) is 0 Å². The molecule has 1 heterocycles. The van der Waals surface area contributed by atoms with Crippen LogP contribution < -0.4 is 0 Å². The van der Waals surface area contributed by atoms with Gasteiger partial charge in [0.2, 0.25) is 0 Å². The van der Waals surface area contributed by atoms with Crippen molar-refractivity contribution in [3.05, 3.63) is 35.4 Å². The summed E-state index contributed by atoms with van der Waals surface area (Å²) in [6.45, 7) is -0.115. The molecule has 4 heteroatoms. The first-order valence-corrected chi connectivity index (χ1v) is 14.1. The van der Waals surface area contributed by atoms with Crippen molar-refractivity contribution in [1.29, 1.82) is 0 Å². The minimum Gasteiger partial charge on any atom is -0.251 e. The van der Waals surface area contributed by atoms with Gasteiger partial charge in [0.05, 0.1) is 6.67 Å². The van der Waals surface area contributed by atoms with Crippen LogP contribution in [0.5, 0.6) is 0 Å². The standard InChI is InChI=1S/C24H37F3Si/c25-14-3-15-28-16-12-20(13-17-28)5-2-1-4-19-6-8-21(9-7-19)22-10-11-23(26)24(27)18-22/h10-11,18-21,28H,1-9,12-17H2. The number of unbranched alkanes of at least 4 members (excludes halogenated alkanes) is 1. The molecular weight excluding hydrogens is 373 g/mol. The maximum atomic E-state index is 13.5. The fraction of sp³-hybridized carbons (Fsp3) is 0.750. The number of halogens is 3. The number of hydrogen-bond donors (Lipinski definition) is 0. The van der Waals surface area contributed by atoms with Crippen LogP contribution in [0.4, 0.5) is 13.2 Å². The molecule has 0 radical (unpaired) electrons. The lowest BCUT2D eigenvalue weighted by Gasteiger charge is -2.29. The van der Waals surface area contributed by atoms with Crippen LogP contribution in [0, 0.1) is 23.5 Å². The quantitative estimate of drug-likeness (QED) is 0.288. The lowest BCUT2D eigenvalue weighted by Crippen LogP contribution is -2.21. The van der Waals surface area contributed by atoms with E-state index in [9.17, 15) is 13.2 Å². The molecule has 0 amide bonds. The molecular formula is C24H37F3Si. The SMILES string of the molecule is FCCC[SiH]1CCC(CCCCC2CCC(c3ccc(F)c(F)c3)CC2)CC1. The second-order valence-electron chi connectivity index (χ2n) is 9.39. The van der Waals surface area contributed by atoms with Crippen LogP contribution in [0.25, 0.3) is 0 Å². The molecule has 0 bridgehead atoms. The van der Waals surface area contributed by atoms with Gasteiger partial charge in [-0.25, -0.2) is 8.78 Å². The second-order valence-corrected chi connectivity index (χ2v) is 12.9. The Kier molecular flexibility index (Phi) is 8.94. The van der Waals surface area contributed by atoms with E-state index in [1.54, 1.807) is 6.07 Å². The van der Waals surface area contributed by atoms with Crippen LogP contribution in [0.15, 0.2) is 18.2 Å². The zero-order valence-corrected chi connectivity index (χ0v) is 18.4. The summed E-state index contributed by atoms with van der Waals surface area (Å²) in [5, 5.41) is 0. The van der Waals surface area contributed by atoms with Crippen LogP contribution in [-0.4, -0.2) is 15.5 Å². The van der Waals surface area contributed by atoms with E-state index in [2.05, 4.69) is 0 Å². The van der Waals surface area contributed by atoms with E-state index >= 15 is 0 Å². The van der Waals surface area contributed by atoms with Crippen molar-refractivity contribution < 1.29 is 13.2 Å². The molecule has 0 atom stereocenters. The third-order valence-corrected chi connectivity index (χ3v) is 11.0. The van der Waals surface area contributed by atoms with E-state index in [0.29, 0.717) is 5.92 Å². The van der Waals surface area contributed by atoms with Gasteiger partial charge in [-0.1, -0.05) is 62.7 Å². The summed E-state index contributed by atoms with van der Waals surface area (Å²) in [4.78, 5) is 0. The minimum absolute atomic E-state index is 0.115. The fourth-order valence-corrected chi connectivity index (χ4v) is 9.07. The van der Waals surface area contributed by atoms with Gasteiger partial charge in [-0.15, -0.1) is 0 Å². The highest BCUT2D eigenvalue weighted by atomic mass is 28.3. The molecule has 158 valence electrons. The highest BCUT2D eigenvalue weighted by molar-refractivity contribution is 6.58. The molecule has 28 heavy (non-hydrogen) atoms. The predicted molar refractivity (Wildman–Crippen MR) is 114 cm³/mol. The van der Waals surface area contributed by atoms with Crippen LogP contribution in [0.1, 0.15) is 82.1 Å². The largest absolute Gasteiger partial charge is 0.251 e. The molecule has 0 nitrogen and oxygen atoms in total. The topological polar surface area (TPSA) is 0 Å². The van der Waals surface area contributed by atoms with Gasteiger partial charge in [-0.05, 0) is 67.6 Å². The van der Waals surface area contributed by atoms with Gasteiger partial charge in [0.15, 0.2) is 11.6 Å². The monoisotopic (exact) mass is 410 g/mol. The van der Waals surface area contributed by atoms with Gasteiger partial charge in [0.25, 0.3) is 0 Å². The summed E-state index contributed by atoms with van der Waals surface area (Å²) in [6.07, 6.45) is 13.8. The molecule has 0 aromatic heterocycles. The third-order valence-electron chi connectivity index (χ3n) is 7.45. The number of benzene rings is 1. The van der Waals surface area contributed by atoms with Crippen molar-refractivity contribution in [2.45, 2.75) is 94.7 Å². The van der Waals surface area contributed by atoms with E-state index in [1.165, 1.54) is 81.6 Å². The average Bonchev–Trinajstić information content (AvgIpc) is 2.73. The van der Waals surface area contributed by atoms with E-state index in [-0.39, 0.29) is 6.67 Å². The molecule has 0 unspecified atom stereocenters. The van der Waals surface area contributed by atoms with Crippen LogP contribution >= 0.6 is 0 Å². The van der Waals surface area contributed by atoms with Crippen molar-refractivity contribution in [2.75, 3.05) is 6.67 Å². The summed E-state index contributed by atoms with van der Waals surface area (Å²) in [5.41, 5.74) is 0.975. The van der Waals surface area contributed by atoms with E-state index in [4.69, 9.17) is 0 Å². The molecule has 1 saturated heterocycles. The first kappa shape index (κ1) is 21.9. The highest BCUT2D eigenvalue weighted by Crippen LogP contribution is 2.38. The van der Waals surface area contributed by atoms with E-state index in [0.717, 1.165) is 36.7 Å². The Morgan fingerprint density at radius 2 is 1.43 bits per heavy atom. The van der Waals surface area contributed by atoms with Crippen LogP contribution in [0.3, 0.4) is 0 Å². The summed E-state index contributed by atoms with van der Waals surface area (Å²) < 4.78 is 38.9. The molecule has 1 aliphatic heterocycles. The molecule has 2 aliphatic rings. The number of rotatable bonds is 9. The predicted octanol–water partition coefficient (Wildman–Crippen LogP) is 7.80. The Bertz CT molecular complexity index is 575. The summed E-state index contributed by atoms with van der Waals surface area (Å²) in [7, 11) is -0.569. The van der Waals surface area contributed by atoms with E-state index in [1.807, 2.05) is 0 Å². The summed E-state index contributed by atoms with van der Waals surface area (Å²) in [5.74, 6) is 0.721. The zero-order chi connectivity index (χ0) is 19.8. The lowest BCUT2D eigenvalue weighted by molar-refractivity contribution is 0.296. The van der Waals surface area contributed by atoms with Crippen LogP contribution in [0.2, 0.25) is 18.1 Å². The molecule has 1 aromatic rings. The Hall–Kier alpha value is -0.773. The Balaban J connectivity index is 1.26. The van der Waals surface area contributed by atoms with Gasteiger partial charge >= 0.3 is 0 Å². The van der Waals surface area contributed by atoms with Crippen molar-refractivity contribution >= 4 is 8.80 Å². The second kappa shape index (κ2) is 11.4. The van der Waals surface area contributed by atoms with E-state index < -0.39 is 20.4 Å². The molecule has 1 saturated carbocycles. The van der Waals surface area contributed by atoms with Crippen molar-refractivity contribution in [3.8, 4) is 0 Å². The minimum atomic E-state index is -0.743. The Labute approximate surface area is 170 Å². The fourth-order valence-electron chi connectivity index (χ4n) is 5.59. The smallest absolute Gasteiger partial charge is 0.159 e. The molecule has 0 N–H and O–H groups in total.